The van der Waals surface area contributed by atoms with Gasteiger partial charge in [0.05, 0.1) is 12.1 Å². The number of carboxylic acid groups (broad SMARTS) is 1. The minimum atomic E-state index is -0.876. The van der Waals surface area contributed by atoms with Gasteiger partial charge in [0.25, 0.3) is 5.91 Å². The van der Waals surface area contributed by atoms with Gasteiger partial charge in [0.1, 0.15) is 0 Å². The molecule has 0 radical (unpaired) electrons. The lowest BCUT2D eigenvalue weighted by atomic mass is 10.1. The highest BCUT2D eigenvalue weighted by Gasteiger charge is 2.19. The first kappa shape index (κ1) is 22.2. The van der Waals surface area contributed by atoms with Crippen molar-refractivity contribution in [2.75, 3.05) is 10.6 Å². The van der Waals surface area contributed by atoms with Gasteiger partial charge in [-0.1, -0.05) is 48.5 Å². The van der Waals surface area contributed by atoms with Crippen LogP contribution in [0.1, 0.15) is 27.6 Å². The van der Waals surface area contributed by atoms with Gasteiger partial charge in [0, 0.05) is 33.8 Å². The van der Waals surface area contributed by atoms with Crippen molar-refractivity contribution in [3.8, 4) is 0 Å². The van der Waals surface area contributed by atoms with Gasteiger partial charge in [-0.25, -0.2) is 4.98 Å². The summed E-state index contributed by atoms with van der Waals surface area (Å²) in [6.07, 6.45) is 3.32. The summed E-state index contributed by atoms with van der Waals surface area (Å²) in [5.74, 6) is -0.556. The predicted octanol–water partition coefficient (Wildman–Crippen LogP) is 5.71. The fourth-order valence-electron chi connectivity index (χ4n) is 3.28. The van der Waals surface area contributed by atoms with Gasteiger partial charge in [0.15, 0.2) is 0 Å². The highest BCUT2D eigenvalue weighted by molar-refractivity contribution is 7.99. The van der Waals surface area contributed by atoms with Crippen molar-refractivity contribution in [1.82, 2.24) is 9.97 Å². The number of nitrogens with one attached hydrogen (secondary N) is 3. The predicted molar refractivity (Wildman–Crippen MR) is 130 cm³/mol. The normalized spacial score (nSPS) is 11.5. The molecule has 1 atom stereocenters. The molecule has 1 heterocycles. The van der Waals surface area contributed by atoms with E-state index in [-0.39, 0.29) is 17.6 Å². The number of H-pyrrole nitrogens is 1. The van der Waals surface area contributed by atoms with Crippen LogP contribution in [0.5, 0.6) is 0 Å². The summed E-state index contributed by atoms with van der Waals surface area (Å²) in [6.45, 7) is 0. The van der Waals surface area contributed by atoms with Crippen molar-refractivity contribution in [3.05, 3.63) is 102 Å². The van der Waals surface area contributed by atoms with Crippen molar-refractivity contribution in [2.45, 2.75) is 16.6 Å². The third kappa shape index (κ3) is 6.02. The Balaban J connectivity index is 1.52. The van der Waals surface area contributed by atoms with E-state index in [1.807, 2.05) is 60.7 Å². The largest absolute Gasteiger partial charge is 0.481 e. The molecule has 1 unspecified atom stereocenters. The monoisotopic (exact) mass is 458 g/mol. The molecule has 1 aromatic heterocycles. The summed E-state index contributed by atoms with van der Waals surface area (Å²) in [7, 11) is 0. The van der Waals surface area contributed by atoms with Gasteiger partial charge in [-0.15, -0.1) is 11.8 Å². The Kier molecular flexibility index (Phi) is 7.06. The Labute approximate surface area is 195 Å². The number of aromatic nitrogens is 2. The van der Waals surface area contributed by atoms with Crippen LogP contribution in [0.15, 0.2) is 96.2 Å². The van der Waals surface area contributed by atoms with Gasteiger partial charge in [-0.05, 0) is 35.9 Å². The number of thioether (sulfide) groups is 1. The summed E-state index contributed by atoms with van der Waals surface area (Å²) in [6, 6.07) is 24.0. The third-order valence-electron chi connectivity index (χ3n) is 4.82. The van der Waals surface area contributed by atoms with E-state index >= 15 is 0 Å². The van der Waals surface area contributed by atoms with Crippen LogP contribution in [0.2, 0.25) is 0 Å². The zero-order chi connectivity index (χ0) is 23.0. The average molecular weight is 459 g/mol. The minimum Gasteiger partial charge on any atom is -0.481 e. The molecule has 0 aliphatic heterocycles. The first-order chi connectivity index (χ1) is 16.1. The molecular weight excluding hydrogens is 436 g/mol. The highest BCUT2D eigenvalue weighted by atomic mass is 32.2. The molecule has 3 aromatic carbocycles. The lowest BCUT2D eigenvalue weighted by Gasteiger charge is -2.18. The van der Waals surface area contributed by atoms with Crippen LogP contribution in [-0.2, 0) is 4.79 Å². The maximum Gasteiger partial charge on any atom is 0.304 e. The van der Waals surface area contributed by atoms with Crippen molar-refractivity contribution in [1.29, 1.82) is 0 Å². The van der Waals surface area contributed by atoms with E-state index in [9.17, 15) is 14.7 Å². The van der Waals surface area contributed by atoms with Crippen LogP contribution in [0.3, 0.4) is 0 Å². The molecule has 166 valence electrons. The molecule has 4 rings (SSSR count). The number of rotatable bonds is 9. The van der Waals surface area contributed by atoms with Crippen LogP contribution in [0.4, 0.5) is 17.3 Å². The number of aliphatic carboxylic acids is 1. The van der Waals surface area contributed by atoms with Gasteiger partial charge in [-0.2, -0.15) is 0 Å². The van der Waals surface area contributed by atoms with E-state index < -0.39 is 5.97 Å². The second-order valence-corrected chi connectivity index (χ2v) is 8.45. The Hall–Kier alpha value is -4.04. The summed E-state index contributed by atoms with van der Waals surface area (Å²) in [5.41, 5.74) is 2.76. The van der Waals surface area contributed by atoms with Crippen LogP contribution in [-0.4, -0.2) is 27.0 Å². The zero-order valence-electron chi connectivity index (χ0n) is 17.6. The molecule has 1 amide bonds. The Morgan fingerprint density at radius 3 is 2.55 bits per heavy atom. The van der Waals surface area contributed by atoms with E-state index in [1.165, 1.54) is 11.8 Å². The third-order valence-corrected chi connectivity index (χ3v) is 6.15. The number of carboxylic acids is 1. The van der Waals surface area contributed by atoms with Crippen molar-refractivity contribution in [2.24, 2.45) is 0 Å². The van der Waals surface area contributed by atoms with Crippen molar-refractivity contribution in [3.63, 3.8) is 0 Å². The molecule has 0 aliphatic rings. The van der Waals surface area contributed by atoms with Gasteiger partial charge in [0.2, 0.25) is 5.95 Å². The topological polar surface area (TPSA) is 107 Å². The first-order valence-electron chi connectivity index (χ1n) is 10.3. The number of carbonyl (C=O) groups is 2. The minimum absolute atomic E-state index is 0.0303. The number of para-hydroxylation sites is 1. The SMILES string of the molecule is O=C(O)CC(Sc1ccccc1NC(=O)c1cccc(Nc2ncc[nH]2)c1)c1ccccc1. The van der Waals surface area contributed by atoms with E-state index in [4.69, 9.17) is 0 Å². The summed E-state index contributed by atoms with van der Waals surface area (Å²) in [5, 5.41) is 15.2. The van der Waals surface area contributed by atoms with Gasteiger partial charge in [-0.3, -0.25) is 9.59 Å². The number of imidazole rings is 1. The maximum atomic E-state index is 13.0. The molecule has 4 N–H and O–H groups in total. The smallest absolute Gasteiger partial charge is 0.304 e. The molecule has 0 spiro atoms. The lowest BCUT2D eigenvalue weighted by Crippen LogP contribution is -2.13. The van der Waals surface area contributed by atoms with Gasteiger partial charge >= 0.3 is 5.97 Å². The second kappa shape index (κ2) is 10.5. The number of hydrogen-bond donors (Lipinski definition) is 4. The molecule has 7 nitrogen and oxygen atoms in total. The number of nitrogens with zero attached hydrogens (tertiary/aromatic N) is 1. The van der Waals surface area contributed by atoms with Crippen LogP contribution >= 0.6 is 11.8 Å². The Morgan fingerprint density at radius 2 is 1.79 bits per heavy atom. The van der Waals surface area contributed by atoms with Crippen molar-refractivity contribution < 1.29 is 14.7 Å². The number of benzene rings is 3. The van der Waals surface area contributed by atoms with Crippen LogP contribution in [0.25, 0.3) is 0 Å². The zero-order valence-corrected chi connectivity index (χ0v) is 18.4. The molecule has 8 heteroatoms. The molecule has 0 aliphatic carbocycles. The van der Waals surface area contributed by atoms with E-state index in [0.717, 1.165) is 16.1 Å². The number of carbonyl (C=O) groups excluding carboxylic acids is 1. The Morgan fingerprint density at radius 1 is 1.00 bits per heavy atom. The molecule has 0 saturated heterocycles. The lowest BCUT2D eigenvalue weighted by molar-refractivity contribution is -0.137. The quantitative estimate of drug-likeness (QED) is 0.239. The fourth-order valence-corrected chi connectivity index (χ4v) is 4.51. The van der Waals surface area contributed by atoms with Crippen LogP contribution in [0, 0.1) is 0 Å². The summed E-state index contributed by atoms with van der Waals surface area (Å²) in [4.78, 5) is 32.3. The number of aromatic amines is 1. The number of hydrogen-bond acceptors (Lipinski definition) is 5. The van der Waals surface area contributed by atoms with E-state index in [0.29, 0.717) is 17.2 Å². The molecular formula is C25H22N4O3S. The molecule has 4 aromatic rings. The van der Waals surface area contributed by atoms with Crippen LogP contribution < -0.4 is 10.6 Å². The maximum absolute atomic E-state index is 13.0. The molecule has 33 heavy (non-hydrogen) atoms. The van der Waals surface area contributed by atoms with E-state index in [1.54, 1.807) is 30.6 Å². The fraction of sp³-hybridized carbons (Fsp3) is 0.0800. The number of anilines is 3. The second-order valence-electron chi connectivity index (χ2n) is 7.21. The van der Waals surface area contributed by atoms with Gasteiger partial charge < -0.3 is 20.7 Å². The summed E-state index contributed by atoms with van der Waals surface area (Å²) >= 11 is 1.42. The molecule has 0 bridgehead atoms. The Bertz CT molecular complexity index is 1230. The molecule has 0 fully saturated rings. The number of amides is 1. The van der Waals surface area contributed by atoms with E-state index in [2.05, 4.69) is 20.6 Å². The van der Waals surface area contributed by atoms with Crippen molar-refractivity contribution >= 4 is 41.0 Å². The highest BCUT2D eigenvalue weighted by Crippen LogP contribution is 2.41. The average Bonchev–Trinajstić information content (AvgIpc) is 3.33. The standard InChI is InChI=1S/C25H22N4O3S/c30-23(31)16-22(17-7-2-1-3-8-17)33-21-12-5-4-11-20(21)29-24(32)18-9-6-10-19(15-18)28-25-26-13-14-27-25/h1-15,22H,16H2,(H,29,32)(H,30,31)(H2,26,27,28). The first-order valence-corrected chi connectivity index (χ1v) is 11.2. The summed E-state index contributed by atoms with van der Waals surface area (Å²) < 4.78 is 0. The molecule has 0 saturated carbocycles.